The van der Waals surface area contributed by atoms with Gasteiger partial charge in [0.05, 0.1) is 27.6 Å². The SMILES string of the molecule is CCCCC=CCCCCCCCCC(=O)C(O)(CC(=O)O)C[N+](C)(C)C. The molecule has 0 spiro atoms. The minimum Gasteiger partial charge on any atom is -0.481 e. The number of aliphatic carboxylic acids is 1. The number of allylic oxidation sites excluding steroid dienone is 2. The molecule has 0 aromatic carbocycles. The summed E-state index contributed by atoms with van der Waals surface area (Å²) in [4.78, 5) is 23.5. The van der Waals surface area contributed by atoms with E-state index in [1.54, 1.807) is 0 Å². The second kappa shape index (κ2) is 13.9. The fraction of sp³-hybridized carbons (Fsp3) is 0.818. The molecule has 158 valence electrons. The van der Waals surface area contributed by atoms with Crippen molar-refractivity contribution in [1.29, 1.82) is 0 Å². The van der Waals surface area contributed by atoms with Crippen LogP contribution in [0, 0.1) is 0 Å². The summed E-state index contributed by atoms with van der Waals surface area (Å²) in [6.45, 7) is 2.32. The zero-order valence-electron chi connectivity index (χ0n) is 18.0. The fourth-order valence-electron chi connectivity index (χ4n) is 3.32. The Kier molecular flexibility index (Phi) is 13.3. The van der Waals surface area contributed by atoms with Gasteiger partial charge in [-0.15, -0.1) is 0 Å². The average Bonchev–Trinajstić information content (AvgIpc) is 2.53. The summed E-state index contributed by atoms with van der Waals surface area (Å²) in [6.07, 6.45) is 15.5. The van der Waals surface area contributed by atoms with E-state index in [1.165, 1.54) is 32.1 Å². The Labute approximate surface area is 166 Å². The second-order valence-electron chi connectivity index (χ2n) is 8.75. The average molecular weight is 385 g/mol. The van der Waals surface area contributed by atoms with Gasteiger partial charge >= 0.3 is 5.97 Å². The first-order valence-corrected chi connectivity index (χ1v) is 10.5. The van der Waals surface area contributed by atoms with E-state index in [2.05, 4.69) is 19.1 Å². The molecule has 0 saturated heterocycles. The highest BCUT2D eigenvalue weighted by atomic mass is 16.4. The number of hydrogen-bond donors (Lipinski definition) is 2. The molecule has 0 aliphatic rings. The van der Waals surface area contributed by atoms with Crippen LogP contribution in [0.1, 0.15) is 84.0 Å². The molecule has 5 nitrogen and oxygen atoms in total. The van der Waals surface area contributed by atoms with Crippen molar-refractivity contribution in [2.75, 3.05) is 27.7 Å². The first kappa shape index (κ1) is 25.8. The molecule has 0 rings (SSSR count). The van der Waals surface area contributed by atoms with Crippen LogP contribution >= 0.6 is 0 Å². The summed E-state index contributed by atoms with van der Waals surface area (Å²) in [5, 5.41) is 19.7. The Morgan fingerprint density at radius 2 is 1.41 bits per heavy atom. The van der Waals surface area contributed by atoms with Crippen molar-refractivity contribution in [3.8, 4) is 0 Å². The van der Waals surface area contributed by atoms with Crippen molar-refractivity contribution in [3.05, 3.63) is 12.2 Å². The number of carboxylic acids is 1. The molecule has 2 N–H and O–H groups in total. The van der Waals surface area contributed by atoms with Gasteiger partial charge in [0, 0.05) is 6.42 Å². The quantitative estimate of drug-likeness (QED) is 0.222. The molecule has 1 atom stereocenters. The Bertz CT molecular complexity index is 454. The molecule has 0 heterocycles. The molecule has 27 heavy (non-hydrogen) atoms. The molecule has 0 aliphatic heterocycles. The number of rotatable bonds is 17. The third-order valence-corrected chi connectivity index (χ3v) is 4.61. The number of carbonyl (C=O) groups is 2. The van der Waals surface area contributed by atoms with Gasteiger partial charge in [0.25, 0.3) is 0 Å². The molecule has 0 aliphatic carbocycles. The van der Waals surface area contributed by atoms with Crippen LogP contribution in [0.4, 0.5) is 0 Å². The van der Waals surface area contributed by atoms with Gasteiger partial charge in [-0.3, -0.25) is 9.59 Å². The highest BCUT2D eigenvalue weighted by Crippen LogP contribution is 2.20. The van der Waals surface area contributed by atoms with Crippen LogP contribution in [0.2, 0.25) is 0 Å². The summed E-state index contributed by atoms with van der Waals surface area (Å²) in [7, 11) is 5.54. The van der Waals surface area contributed by atoms with E-state index in [-0.39, 0.29) is 18.7 Å². The van der Waals surface area contributed by atoms with E-state index in [4.69, 9.17) is 5.11 Å². The lowest BCUT2D eigenvalue weighted by molar-refractivity contribution is -0.875. The number of carboxylic acid groups (broad SMARTS) is 1. The molecule has 0 amide bonds. The lowest BCUT2D eigenvalue weighted by Gasteiger charge is -2.33. The van der Waals surface area contributed by atoms with Gasteiger partial charge in [0.2, 0.25) is 0 Å². The Hall–Kier alpha value is -1.20. The zero-order valence-corrected chi connectivity index (χ0v) is 18.0. The monoisotopic (exact) mass is 384 g/mol. The van der Waals surface area contributed by atoms with Gasteiger partial charge < -0.3 is 14.7 Å². The molecular formula is C22H42NO4+. The van der Waals surface area contributed by atoms with Crippen molar-refractivity contribution in [2.45, 2.75) is 89.6 Å². The Morgan fingerprint density at radius 3 is 1.93 bits per heavy atom. The summed E-state index contributed by atoms with van der Waals surface area (Å²) in [6, 6.07) is 0. The smallest absolute Gasteiger partial charge is 0.306 e. The number of carbonyl (C=O) groups excluding carboxylic acids is 1. The molecule has 0 aromatic heterocycles. The molecule has 0 saturated carbocycles. The van der Waals surface area contributed by atoms with E-state index in [9.17, 15) is 14.7 Å². The van der Waals surface area contributed by atoms with Gasteiger partial charge in [0.1, 0.15) is 6.54 Å². The van der Waals surface area contributed by atoms with E-state index < -0.39 is 18.0 Å². The van der Waals surface area contributed by atoms with Gasteiger partial charge in [-0.05, 0) is 25.7 Å². The number of quaternary nitrogens is 1. The number of nitrogens with zero attached hydrogens (tertiary/aromatic N) is 1. The lowest BCUT2D eigenvalue weighted by atomic mass is 9.89. The number of Topliss-reactive ketones (excluding diaryl/α,β-unsaturated/α-hetero) is 1. The minimum atomic E-state index is -1.77. The molecule has 0 aromatic rings. The maximum Gasteiger partial charge on any atom is 0.306 e. The van der Waals surface area contributed by atoms with Crippen LogP contribution in [-0.2, 0) is 9.59 Å². The van der Waals surface area contributed by atoms with E-state index in [0.717, 1.165) is 32.1 Å². The van der Waals surface area contributed by atoms with Crippen molar-refractivity contribution in [3.63, 3.8) is 0 Å². The number of aliphatic hydroxyl groups is 1. The first-order valence-electron chi connectivity index (χ1n) is 10.5. The first-order chi connectivity index (χ1) is 12.6. The third-order valence-electron chi connectivity index (χ3n) is 4.61. The second-order valence-corrected chi connectivity index (χ2v) is 8.75. The number of hydrogen-bond acceptors (Lipinski definition) is 3. The number of likely N-dealkylation sites (N-methyl/N-ethyl adjacent to an activating group) is 1. The van der Waals surface area contributed by atoms with E-state index in [0.29, 0.717) is 4.48 Å². The Morgan fingerprint density at radius 1 is 0.889 bits per heavy atom. The van der Waals surface area contributed by atoms with Crippen molar-refractivity contribution < 1.29 is 24.3 Å². The maximum absolute atomic E-state index is 12.4. The van der Waals surface area contributed by atoms with Gasteiger partial charge in [0.15, 0.2) is 11.4 Å². The highest BCUT2D eigenvalue weighted by molar-refractivity contribution is 5.90. The van der Waals surface area contributed by atoms with E-state index in [1.807, 2.05) is 21.1 Å². The summed E-state index contributed by atoms with van der Waals surface area (Å²) < 4.78 is 0.350. The van der Waals surface area contributed by atoms with Crippen LogP contribution in [0.5, 0.6) is 0 Å². The molecule has 0 bridgehead atoms. The topological polar surface area (TPSA) is 74.6 Å². The predicted octanol–water partition coefficient (Wildman–Crippen LogP) is 4.33. The standard InChI is InChI=1S/C22H41NO4/c1-5-6-7-8-9-10-11-12-13-14-15-16-17-20(24)22(27,18-21(25)26)19-23(2,3)4/h8-9,27H,5-7,10-19H2,1-4H3/p+1. The summed E-state index contributed by atoms with van der Waals surface area (Å²) >= 11 is 0. The predicted molar refractivity (Wildman–Crippen MR) is 111 cm³/mol. The fourth-order valence-corrected chi connectivity index (χ4v) is 3.32. The van der Waals surface area contributed by atoms with Crippen molar-refractivity contribution in [1.82, 2.24) is 0 Å². The molecule has 0 fully saturated rings. The molecule has 1 unspecified atom stereocenters. The van der Waals surface area contributed by atoms with Crippen LogP contribution < -0.4 is 0 Å². The molecule has 5 heteroatoms. The molecule has 0 radical (unpaired) electrons. The Balaban J connectivity index is 3.98. The normalized spacial score (nSPS) is 14.4. The van der Waals surface area contributed by atoms with Crippen LogP contribution in [0.25, 0.3) is 0 Å². The van der Waals surface area contributed by atoms with Crippen LogP contribution in [0.3, 0.4) is 0 Å². The van der Waals surface area contributed by atoms with Crippen LogP contribution in [-0.4, -0.2) is 59.7 Å². The molecular weight excluding hydrogens is 342 g/mol. The van der Waals surface area contributed by atoms with Gasteiger partial charge in [-0.1, -0.05) is 57.6 Å². The maximum atomic E-state index is 12.4. The number of unbranched alkanes of at least 4 members (excludes halogenated alkanes) is 8. The lowest BCUT2D eigenvalue weighted by Crippen LogP contribution is -2.54. The largest absolute Gasteiger partial charge is 0.481 e. The summed E-state index contributed by atoms with van der Waals surface area (Å²) in [5.41, 5.74) is -1.77. The minimum absolute atomic E-state index is 0.115. The van der Waals surface area contributed by atoms with Crippen molar-refractivity contribution in [2.24, 2.45) is 0 Å². The zero-order chi connectivity index (χ0) is 20.8. The number of ketones is 1. The van der Waals surface area contributed by atoms with Crippen molar-refractivity contribution >= 4 is 11.8 Å². The van der Waals surface area contributed by atoms with Gasteiger partial charge in [-0.25, -0.2) is 0 Å². The third kappa shape index (κ3) is 14.5. The highest BCUT2D eigenvalue weighted by Gasteiger charge is 2.42. The van der Waals surface area contributed by atoms with Crippen LogP contribution in [0.15, 0.2) is 12.2 Å². The van der Waals surface area contributed by atoms with Gasteiger partial charge in [-0.2, -0.15) is 0 Å². The van der Waals surface area contributed by atoms with E-state index >= 15 is 0 Å². The summed E-state index contributed by atoms with van der Waals surface area (Å²) in [5.74, 6) is -1.47.